The van der Waals surface area contributed by atoms with E-state index in [0.29, 0.717) is 5.39 Å². The second-order valence-electron chi connectivity index (χ2n) is 3.03. The molecular formula is C11H8O3S. The lowest BCUT2D eigenvalue weighted by atomic mass is 10.1. The summed E-state index contributed by atoms with van der Waals surface area (Å²) in [7, 11) is 0.894. The molecule has 0 fully saturated rings. The lowest BCUT2D eigenvalue weighted by Gasteiger charge is -2.04. The van der Waals surface area contributed by atoms with E-state index in [1.165, 1.54) is 6.07 Å². The van der Waals surface area contributed by atoms with Crippen LogP contribution in [-0.2, 0) is 14.3 Å². The fourth-order valence-corrected chi connectivity index (χ4v) is 2.27. The number of fused-ring (bicyclic) bond motifs is 1. The van der Waals surface area contributed by atoms with Gasteiger partial charge >= 0.3 is 0 Å². The zero-order chi connectivity index (χ0) is 10.9. The lowest BCUT2D eigenvalue weighted by Crippen LogP contribution is -2.01. The van der Waals surface area contributed by atoms with E-state index in [9.17, 15) is 8.42 Å². The van der Waals surface area contributed by atoms with E-state index in [-0.39, 0.29) is 4.90 Å². The fourth-order valence-electron chi connectivity index (χ4n) is 1.47. The summed E-state index contributed by atoms with van der Waals surface area (Å²) in [5.74, 6) is 0. The predicted octanol–water partition coefficient (Wildman–Crippen LogP) is 2.21. The van der Waals surface area contributed by atoms with Crippen LogP contribution in [0.1, 0.15) is 0 Å². The van der Waals surface area contributed by atoms with Gasteiger partial charge in [-0.05, 0) is 11.5 Å². The Labute approximate surface area is 88.4 Å². The van der Waals surface area contributed by atoms with Crippen LogP contribution >= 0.6 is 0 Å². The average Bonchev–Trinajstić information content (AvgIpc) is 2.28. The quantitative estimate of drug-likeness (QED) is 0.729. The molecule has 0 aliphatic rings. The van der Waals surface area contributed by atoms with Crippen molar-refractivity contribution in [1.82, 2.24) is 0 Å². The van der Waals surface area contributed by atoms with Crippen molar-refractivity contribution in [1.29, 1.82) is 0 Å². The van der Waals surface area contributed by atoms with Crippen LogP contribution < -0.4 is 0 Å². The summed E-state index contributed by atoms with van der Waals surface area (Å²) in [6, 6.07) is 12.1. The molecule has 0 aliphatic heterocycles. The van der Waals surface area contributed by atoms with Gasteiger partial charge in [0.1, 0.15) is 12.0 Å². The highest BCUT2D eigenvalue weighted by Gasteiger charge is 2.15. The highest BCUT2D eigenvalue weighted by atomic mass is 32.2. The monoisotopic (exact) mass is 220 g/mol. The van der Waals surface area contributed by atoms with E-state index in [0.717, 1.165) is 5.39 Å². The second kappa shape index (κ2) is 3.64. The maximum Gasteiger partial charge on any atom is 0.298 e. The van der Waals surface area contributed by atoms with E-state index in [1.54, 1.807) is 18.2 Å². The molecule has 2 aromatic carbocycles. The second-order valence-corrected chi connectivity index (χ2v) is 4.57. The Kier molecular flexibility index (Phi) is 2.46. The zero-order valence-corrected chi connectivity index (χ0v) is 8.57. The Bertz CT molecular complexity index is 582. The van der Waals surface area contributed by atoms with Crippen molar-refractivity contribution in [3.63, 3.8) is 0 Å². The molecule has 76 valence electrons. The van der Waals surface area contributed by atoms with Crippen molar-refractivity contribution in [2.45, 2.75) is 4.90 Å². The average molecular weight is 220 g/mol. The van der Waals surface area contributed by atoms with Gasteiger partial charge in [-0.1, -0.05) is 36.4 Å². The lowest BCUT2D eigenvalue weighted by molar-refractivity contribution is 0.439. The molecule has 3 nitrogen and oxygen atoms in total. The normalized spacial score (nSPS) is 11.8. The van der Waals surface area contributed by atoms with Crippen molar-refractivity contribution < 1.29 is 12.6 Å². The molecule has 2 radical (unpaired) electrons. The van der Waals surface area contributed by atoms with Crippen molar-refractivity contribution in [3.8, 4) is 0 Å². The number of hydrogen-bond acceptors (Lipinski definition) is 3. The van der Waals surface area contributed by atoms with Crippen molar-refractivity contribution in [2.24, 2.45) is 0 Å². The Morgan fingerprint density at radius 3 is 2.40 bits per heavy atom. The first-order valence-electron chi connectivity index (χ1n) is 4.26. The van der Waals surface area contributed by atoms with Gasteiger partial charge in [0.25, 0.3) is 10.1 Å². The van der Waals surface area contributed by atoms with E-state index >= 15 is 0 Å². The van der Waals surface area contributed by atoms with Gasteiger partial charge in [0.15, 0.2) is 0 Å². The first kappa shape index (κ1) is 10.1. The van der Waals surface area contributed by atoms with Gasteiger partial charge in [-0.15, -0.1) is 0 Å². The van der Waals surface area contributed by atoms with Gasteiger partial charge < -0.3 is 0 Å². The molecule has 0 aliphatic carbocycles. The zero-order valence-electron chi connectivity index (χ0n) is 7.75. The van der Waals surface area contributed by atoms with Gasteiger partial charge in [0, 0.05) is 5.39 Å². The van der Waals surface area contributed by atoms with Crippen LogP contribution in [0.25, 0.3) is 10.8 Å². The number of hydrogen-bond donors (Lipinski definition) is 0. The molecule has 2 aromatic rings. The molecule has 0 saturated carbocycles. The molecule has 0 N–H and O–H groups in total. The predicted molar refractivity (Wildman–Crippen MR) is 56.5 cm³/mol. The topological polar surface area (TPSA) is 43.4 Å². The molecule has 0 amide bonds. The van der Waals surface area contributed by atoms with Gasteiger partial charge in [0.2, 0.25) is 0 Å². The molecule has 4 heteroatoms. The molecular weight excluding hydrogens is 212 g/mol. The highest BCUT2D eigenvalue weighted by Crippen LogP contribution is 2.23. The molecule has 0 saturated heterocycles. The van der Waals surface area contributed by atoms with Crippen molar-refractivity contribution in [3.05, 3.63) is 49.6 Å². The van der Waals surface area contributed by atoms with E-state index < -0.39 is 10.1 Å². The maximum atomic E-state index is 11.5. The third-order valence-electron chi connectivity index (χ3n) is 2.15. The minimum Gasteiger partial charge on any atom is -0.257 e. The van der Waals surface area contributed by atoms with Gasteiger partial charge in [0.05, 0.1) is 0 Å². The summed E-state index contributed by atoms with van der Waals surface area (Å²) < 4.78 is 26.9. The molecule has 0 bridgehead atoms. The molecule has 0 aromatic heterocycles. The van der Waals surface area contributed by atoms with E-state index in [2.05, 4.69) is 4.18 Å². The summed E-state index contributed by atoms with van der Waals surface area (Å²) >= 11 is 0. The molecule has 15 heavy (non-hydrogen) atoms. The fraction of sp³-hybridized carbons (Fsp3) is 0. The SMILES string of the molecule is [CH]OS(=O)(=O)c1cccc2ccccc12. The molecule has 0 unspecified atom stereocenters. The summed E-state index contributed by atoms with van der Waals surface area (Å²) in [5.41, 5.74) is 0. The Morgan fingerprint density at radius 1 is 1.00 bits per heavy atom. The Morgan fingerprint density at radius 2 is 1.67 bits per heavy atom. The van der Waals surface area contributed by atoms with Crippen LogP contribution in [0, 0.1) is 7.11 Å². The number of rotatable bonds is 2. The van der Waals surface area contributed by atoms with Crippen LogP contribution in [0.2, 0.25) is 0 Å². The third kappa shape index (κ3) is 1.73. The minimum absolute atomic E-state index is 0.0862. The van der Waals surface area contributed by atoms with Crippen LogP contribution in [0.15, 0.2) is 47.4 Å². The maximum absolute atomic E-state index is 11.5. The summed E-state index contributed by atoms with van der Waals surface area (Å²) in [4.78, 5) is 0.0862. The van der Waals surface area contributed by atoms with Crippen molar-refractivity contribution in [2.75, 3.05) is 0 Å². The largest absolute Gasteiger partial charge is 0.298 e. The van der Waals surface area contributed by atoms with Crippen molar-refractivity contribution >= 4 is 20.9 Å². The van der Waals surface area contributed by atoms with E-state index in [1.807, 2.05) is 18.2 Å². The van der Waals surface area contributed by atoms with Gasteiger partial charge in [-0.3, -0.25) is 4.18 Å². The van der Waals surface area contributed by atoms with E-state index in [4.69, 9.17) is 7.11 Å². The summed E-state index contributed by atoms with van der Waals surface area (Å²) in [6.07, 6.45) is 0. The summed E-state index contributed by atoms with van der Waals surface area (Å²) in [6.45, 7) is 0. The number of benzene rings is 2. The van der Waals surface area contributed by atoms with Gasteiger partial charge in [-0.25, -0.2) is 0 Å². The molecule has 2 rings (SSSR count). The first-order valence-corrected chi connectivity index (χ1v) is 5.67. The first-order chi connectivity index (χ1) is 7.15. The Hall–Kier alpha value is -1.39. The van der Waals surface area contributed by atoms with Crippen LogP contribution in [0.5, 0.6) is 0 Å². The van der Waals surface area contributed by atoms with Gasteiger partial charge in [-0.2, -0.15) is 8.42 Å². The minimum atomic E-state index is -3.85. The molecule has 0 atom stereocenters. The smallest absolute Gasteiger partial charge is 0.257 e. The van der Waals surface area contributed by atoms with Crippen LogP contribution in [0.4, 0.5) is 0 Å². The third-order valence-corrected chi connectivity index (χ3v) is 3.29. The van der Waals surface area contributed by atoms with Crippen LogP contribution in [-0.4, -0.2) is 8.42 Å². The molecule has 0 spiro atoms. The van der Waals surface area contributed by atoms with Crippen LogP contribution in [0.3, 0.4) is 0 Å². The molecule has 0 heterocycles. The summed E-state index contributed by atoms with van der Waals surface area (Å²) in [5, 5.41) is 1.43. The Balaban J connectivity index is 2.83. The standard InChI is InChI=1S/C11H8O3S/c1-14-15(12,13)11-8-4-6-9-5-2-3-7-10(9)11/h1-8H. The highest BCUT2D eigenvalue weighted by molar-refractivity contribution is 7.87.